The summed E-state index contributed by atoms with van der Waals surface area (Å²) >= 11 is 0. The second-order valence-corrected chi connectivity index (χ2v) is 7.46. The van der Waals surface area contributed by atoms with Gasteiger partial charge in [-0.3, -0.25) is 9.80 Å². The Kier molecular flexibility index (Phi) is 4.89. The molecule has 0 aromatic heterocycles. The van der Waals surface area contributed by atoms with Crippen molar-refractivity contribution >= 4 is 0 Å². The van der Waals surface area contributed by atoms with E-state index in [1.54, 1.807) is 0 Å². The highest BCUT2D eigenvalue weighted by atomic mass is 16.5. The van der Waals surface area contributed by atoms with Crippen LogP contribution in [0.15, 0.2) is 0 Å². The molecule has 3 fully saturated rings. The normalized spacial score (nSPS) is 42.1. The third-order valence-electron chi connectivity index (χ3n) is 6.07. The van der Waals surface area contributed by atoms with E-state index in [4.69, 9.17) is 10.5 Å². The second-order valence-electron chi connectivity index (χ2n) is 7.46. The predicted molar refractivity (Wildman–Crippen MR) is 86.4 cm³/mol. The number of ether oxygens (including phenoxy) is 1. The van der Waals surface area contributed by atoms with Crippen molar-refractivity contribution in [2.24, 2.45) is 5.73 Å². The first-order chi connectivity index (χ1) is 10.2. The largest absolute Gasteiger partial charge is 0.378 e. The highest BCUT2D eigenvalue weighted by molar-refractivity contribution is 5.03. The molecule has 3 aliphatic rings. The number of hydrogen-bond acceptors (Lipinski definition) is 4. The lowest BCUT2D eigenvalue weighted by atomic mass is 9.81. The molecule has 122 valence electrons. The summed E-state index contributed by atoms with van der Waals surface area (Å²) in [7, 11) is 0. The lowest BCUT2D eigenvalue weighted by Crippen LogP contribution is -2.67. The molecule has 4 nitrogen and oxygen atoms in total. The molecule has 0 aliphatic carbocycles. The number of nitrogens with two attached hydrogens (primary N) is 1. The maximum Gasteiger partial charge on any atom is 0.0593 e. The van der Waals surface area contributed by atoms with Gasteiger partial charge in [-0.1, -0.05) is 13.3 Å². The SMILES string of the molecule is CCCC1CC(CN)(N2CC3CCCN3CC2C)CCO1. The summed E-state index contributed by atoms with van der Waals surface area (Å²) < 4.78 is 6.00. The van der Waals surface area contributed by atoms with Crippen LogP contribution in [0.5, 0.6) is 0 Å². The van der Waals surface area contributed by atoms with Gasteiger partial charge in [0, 0.05) is 43.9 Å². The van der Waals surface area contributed by atoms with Gasteiger partial charge in [-0.2, -0.15) is 0 Å². The number of nitrogens with zero attached hydrogens (tertiary/aromatic N) is 2. The first kappa shape index (κ1) is 15.7. The molecule has 2 N–H and O–H groups in total. The van der Waals surface area contributed by atoms with Gasteiger partial charge in [-0.15, -0.1) is 0 Å². The molecule has 0 bridgehead atoms. The summed E-state index contributed by atoms with van der Waals surface area (Å²) in [6, 6.07) is 1.40. The lowest BCUT2D eigenvalue weighted by molar-refractivity contribution is -0.105. The van der Waals surface area contributed by atoms with E-state index in [1.165, 1.54) is 45.3 Å². The molecular weight excluding hydrogens is 262 g/mol. The van der Waals surface area contributed by atoms with Crippen molar-refractivity contribution in [2.75, 3.05) is 32.8 Å². The van der Waals surface area contributed by atoms with Crippen molar-refractivity contribution in [1.29, 1.82) is 0 Å². The van der Waals surface area contributed by atoms with E-state index < -0.39 is 0 Å². The fourth-order valence-electron chi connectivity index (χ4n) is 4.92. The van der Waals surface area contributed by atoms with E-state index in [-0.39, 0.29) is 5.54 Å². The molecule has 0 saturated carbocycles. The third-order valence-corrected chi connectivity index (χ3v) is 6.07. The van der Waals surface area contributed by atoms with E-state index in [1.807, 2.05) is 0 Å². The Morgan fingerprint density at radius 3 is 2.95 bits per heavy atom. The van der Waals surface area contributed by atoms with Gasteiger partial charge in [0.1, 0.15) is 0 Å². The molecule has 4 unspecified atom stereocenters. The Labute approximate surface area is 130 Å². The van der Waals surface area contributed by atoms with Gasteiger partial charge < -0.3 is 10.5 Å². The number of piperazine rings is 1. The molecule has 4 heteroatoms. The minimum absolute atomic E-state index is 0.187. The molecule has 0 spiro atoms. The Balaban J connectivity index is 1.74. The fourth-order valence-corrected chi connectivity index (χ4v) is 4.92. The van der Waals surface area contributed by atoms with Crippen LogP contribution in [-0.2, 0) is 4.74 Å². The van der Waals surface area contributed by atoms with E-state index in [0.717, 1.165) is 32.0 Å². The molecule has 3 rings (SSSR count). The average molecular weight is 295 g/mol. The van der Waals surface area contributed by atoms with E-state index in [0.29, 0.717) is 12.1 Å². The van der Waals surface area contributed by atoms with Crippen LogP contribution in [0.3, 0.4) is 0 Å². The predicted octanol–water partition coefficient (Wildman–Crippen LogP) is 1.83. The molecule has 4 atom stereocenters. The first-order valence-corrected chi connectivity index (χ1v) is 9.01. The Hall–Kier alpha value is -0.160. The monoisotopic (exact) mass is 295 g/mol. The van der Waals surface area contributed by atoms with Crippen molar-refractivity contribution < 1.29 is 4.74 Å². The maximum atomic E-state index is 6.32. The zero-order valence-corrected chi connectivity index (χ0v) is 13.9. The van der Waals surface area contributed by atoms with Gasteiger partial charge in [0.15, 0.2) is 0 Å². The van der Waals surface area contributed by atoms with Crippen LogP contribution in [0, 0.1) is 0 Å². The van der Waals surface area contributed by atoms with Gasteiger partial charge in [-0.25, -0.2) is 0 Å². The van der Waals surface area contributed by atoms with Crippen LogP contribution < -0.4 is 5.73 Å². The molecule has 3 heterocycles. The number of hydrogen-bond donors (Lipinski definition) is 1. The molecular formula is C17H33N3O. The van der Waals surface area contributed by atoms with E-state index >= 15 is 0 Å². The smallest absolute Gasteiger partial charge is 0.0593 e. The third kappa shape index (κ3) is 3.00. The highest BCUT2D eigenvalue weighted by Gasteiger charge is 2.46. The van der Waals surface area contributed by atoms with Crippen LogP contribution >= 0.6 is 0 Å². The van der Waals surface area contributed by atoms with Crippen LogP contribution in [0.25, 0.3) is 0 Å². The minimum atomic E-state index is 0.187. The van der Waals surface area contributed by atoms with Crippen LogP contribution in [0.1, 0.15) is 52.4 Å². The van der Waals surface area contributed by atoms with Crippen molar-refractivity contribution in [3.05, 3.63) is 0 Å². The molecule has 0 radical (unpaired) electrons. The molecule has 3 saturated heterocycles. The molecule has 0 aromatic rings. The average Bonchev–Trinajstić information content (AvgIpc) is 2.94. The molecule has 0 aromatic carbocycles. The number of fused-ring (bicyclic) bond motifs is 1. The van der Waals surface area contributed by atoms with Gasteiger partial charge in [-0.05, 0) is 45.6 Å². The summed E-state index contributed by atoms with van der Waals surface area (Å²) in [5, 5.41) is 0. The zero-order chi connectivity index (χ0) is 14.9. The van der Waals surface area contributed by atoms with Crippen LogP contribution in [-0.4, -0.2) is 66.3 Å². The van der Waals surface area contributed by atoms with Gasteiger partial charge in [0.2, 0.25) is 0 Å². The van der Waals surface area contributed by atoms with Crippen molar-refractivity contribution in [2.45, 2.75) is 76.1 Å². The van der Waals surface area contributed by atoms with Crippen LogP contribution in [0.4, 0.5) is 0 Å². The summed E-state index contributed by atoms with van der Waals surface area (Å²) in [6.07, 6.45) is 7.80. The Morgan fingerprint density at radius 2 is 2.19 bits per heavy atom. The Morgan fingerprint density at radius 1 is 1.33 bits per heavy atom. The fraction of sp³-hybridized carbons (Fsp3) is 1.00. The summed E-state index contributed by atoms with van der Waals surface area (Å²) in [4.78, 5) is 5.47. The van der Waals surface area contributed by atoms with Gasteiger partial charge in [0.05, 0.1) is 6.10 Å². The molecule has 21 heavy (non-hydrogen) atoms. The van der Waals surface area contributed by atoms with Gasteiger partial charge >= 0.3 is 0 Å². The lowest BCUT2D eigenvalue weighted by Gasteiger charge is -2.55. The summed E-state index contributed by atoms with van der Waals surface area (Å²) in [5.74, 6) is 0. The zero-order valence-electron chi connectivity index (χ0n) is 13.9. The van der Waals surface area contributed by atoms with E-state index in [2.05, 4.69) is 23.6 Å². The maximum absolute atomic E-state index is 6.32. The Bertz CT molecular complexity index is 349. The summed E-state index contributed by atoms with van der Waals surface area (Å²) in [5.41, 5.74) is 6.50. The van der Waals surface area contributed by atoms with Gasteiger partial charge in [0.25, 0.3) is 0 Å². The quantitative estimate of drug-likeness (QED) is 0.859. The van der Waals surface area contributed by atoms with Crippen molar-refractivity contribution in [1.82, 2.24) is 9.80 Å². The van der Waals surface area contributed by atoms with E-state index in [9.17, 15) is 0 Å². The second kappa shape index (κ2) is 6.53. The molecule has 0 amide bonds. The highest BCUT2D eigenvalue weighted by Crippen LogP contribution is 2.37. The molecule has 3 aliphatic heterocycles. The first-order valence-electron chi connectivity index (χ1n) is 9.01. The summed E-state index contributed by atoms with van der Waals surface area (Å²) in [6.45, 7) is 10.1. The van der Waals surface area contributed by atoms with Crippen LogP contribution in [0.2, 0.25) is 0 Å². The number of rotatable bonds is 4. The van der Waals surface area contributed by atoms with Crippen molar-refractivity contribution in [3.8, 4) is 0 Å². The topological polar surface area (TPSA) is 41.7 Å². The minimum Gasteiger partial charge on any atom is -0.378 e. The van der Waals surface area contributed by atoms with Crippen molar-refractivity contribution in [3.63, 3.8) is 0 Å². The standard InChI is InChI=1S/C17H33N3O/c1-3-5-16-10-17(13-18,7-9-21-16)20-12-15-6-4-8-19(15)11-14(20)2/h14-16H,3-13,18H2,1-2H3.